The molecule has 31 heavy (non-hydrogen) atoms. The van der Waals surface area contributed by atoms with Gasteiger partial charge in [0.2, 0.25) is 0 Å². The van der Waals surface area contributed by atoms with Crippen molar-refractivity contribution in [3.05, 3.63) is 65.6 Å². The van der Waals surface area contributed by atoms with Crippen molar-refractivity contribution < 1.29 is 18.7 Å². The highest BCUT2D eigenvalue weighted by atomic mass is 19.1. The van der Waals surface area contributed by atoms with Crippen LogP contribution in [0.5, 0.6) is 0 Å². The Balaban J connectivity index is 1.74. The maximum absolute atomic E-state index is 14.9. The molecule has 1 aromatic heterocycles. The van der Waals surface area contributed by atoms with Crippen molar-refractivity contribution in [3.8, 4) is 0 Å². The number of ether oxygens (including phenoxy) is 1. The SMILES string of the molecule is COC(=O)c1ccc(CN(C(=O)N2CCCCC2)c2cccc3c2ccn3C)c(F)c1. The molecule has 2 heterocycles. The maximum Gasteiger partial charge on any atom is 0.337 e. The summed E-state index contributed by atoms with van der Waals surface area (Å²) >= 11 is 0. The van der Waals surface area contributed by atoms with Gasteiger partial charge in [-0.05, 0) is 49.6 Å². The van der Waals surface area contributed by atoms with Gasteiger partial charge in [0.25, 0.3) is 0 Å². The minimum atomic E-state index is -0.597. The summed E-state index contributed by atoms with van der Waals surface area (Å²) in [5.41, 5.74) is 2.22. The van der Waals surface area contributed by atoms with Crippen LogP contribution in [0, 0.1) is 5.82 Å². The van der Waals surface area contributed by atoms with Crippen molar-refractivity contribution >= 4 is 28.6 Å². The van der Waals surface area contributed by atoms with Gasteiger partial charge in [0.05, 0.1) is 24.9 Å². The fraction of sp³-hybridized carbons (Fsp3) is 0.333. The molecule has 0 N–H and O–H groups in total. The van der Waals surface area contributed by atoms with Gasteiger partial charge < -0.3 is 14.2 Å². The second-order valence-corrected chi connectivity index (χ2v) is 7.85. The van der Waals surface area contributed by atoms with Crippen molar-refractivity contribution in [1.29, 1.82) is 0 Å². The van der Waals surface area contributed by atoms with Gasteiger partial charge in [-0.2, -0.15) is 0 Å². The highest BCUT2D eigenvalue weighted by molar-refractivity contribution is 6.02. The van der Waals surface area contributed by atoms with Crippen LogP contribution in [0.2, 0.25) is 0 Å². The van der Waals surface area contributed by atoms with E-state index in [1.807, 2.05) is 47.0 Å². The van der Waals surface area contributed by atoms with Gasteiger partial charge in [0.1, 0.15) is 5.82 Å². The van der Waals surface area contributed by atoms with E-state index in [2.05, 4.69) is 4.74 Å². The number of hydrogen-bond donors (Lipinski definition) is 0. The number of anilines is 1. The molecule has 1 fully saturated rings. The Morgan fingerprint density at radius 1 is 1.10 bits per heavy atom. The number of rotatable bonds is 4. The van der Waals surface area contributed by atoms with Gasteiger partial charge in [-0.25, -0.2) is 14.0 Å². The van der Waals surface area contributed by atoms with E-state index in [1.54, 1.807) is 11.0 Å². The van der Waals surface area contributed by atoms with Gasteiger partial charge in [-0.3, -0.25) is 4.90 Å². The molecule has 6 nitrogen and oxygen atoms in total. The van der Waals surface area contributed by atoms with Crippen molar-refractivity contribution in [2.45, 2.75) is 25.8 Å². The number of nitrogens with zero attached hydrogens (tertiary/aromatic N) is 3. The van der Waals surface area contributed by atoms with E-state index < -0.39 is 11.8 Å². The zero-order valence-electron chi connectivity index (χ0n) is 17.8. The van der Waals surface area contributed by atoms with Gasteiger partial charge in [0.15, 0.2) is 0 Å². The summed E-state index contributed by atoms with van der Waals surface area (Å²) in [5.74, 6) is -1.14. The van der Waals surface area contributed by atoms with Crippen LogP contribution < -0.4 is 4.90 Å². The third-order valence-corrected chi connectivity index (χ3v) is 5.86. The third-order valence-electron chi connectivity index (χ3n) is 5.86. The molecule has 0 unspecified atom stereocenters. The predicted octanol–water partition coefficient (Wildman–Crippen LogP) is 4.72. The highest BCUT2D eigenvalue weighted by Crippen LogP contribution is 2.30. The van der Waals surface area contributed by atoms with Crippen LogP contribution >= 0.6 is 0 Å². The van der Waals surface area contributed by atoms with Crippen LogP contribution in [0.3, 0.4) is 0 Å². The Hall–Kier alpha value is -3.35. The number of fused-ring (bicyclic) bond motifs is 1. The molecule has 0 atom stereocenters. The van der Waals surface area contributed by atoms with Crippen molar-refractivity contribution in [3.63, 3.8) is 0 Å². The first-order valence-corrected chi connectivity index (χ1v) is 10.5. The molecule has 0 spiro atoms. The lowest BCUT2D eigenvalue weighted by Crippen LogP contribution is -2.45. The van der Waals surface area contributed by atoms with Crippen LogP contribution in [-0.2, 0) is 18.3 Å². The second-order valence-electron chi connectivity index (χ2n) is 7.85. The van der Waals surface area contributed by atoms with E-state index in [1.165, 1.54) is 13.2 Å². The highest BCUT2D eigenvalue weighted by Gasteiger charge is 2.26. The van der Waals surface area contributed by atoms with Crippen LogP contribution in [0.15, 0.2) is 48.7 Å². The summed E-state index contributed by atoms with van der Waals surface area (Å²) in [4.78, 5) is 28.7. The molecule has 3 aromatic rings. The summed E-state index contributed by atoms with van der Waals surface area (Å²) in [7, 11) is 3.21. The number of likely N-dealkylation sites (tertiary alicyclic amines) is 1. The van der Waals surface area contributed by atoms with E-state index in [0.717, 1.165) is 41.9 Å². The van der Waals surface area contributed by atoms with Gasteiger partial charge in [-0.1, -0.05) is 12.1 Å². The number of halogens is 1. The maximum atomic E-state index is 14.9. The molecule has 1 saturated heterocycles. The topological polar surface area (TPSA) is 54.8 Å². The minimum absolute atomic E-state index is 0.0661. The Kier molecular flexibility index (Phi) is 5.93. The molecule has 0 radical (unpaired) electrons. The number of urea groups is 1. The number of methoxy groups -OCH3 is 1. The second kappa shape index (κ2) is 8.79. The number of carbonyl (C=O) groups is 2. The molecule has 7 heteroatoms. The lowest BCUT2D eigenvalue weighted by atomic mass is 10.1. The van der Waals surface area contributed by atoms with Crippen LogP contribution in [0.4, 0.5) is 14.9 Å². The summed E-state index contributed by atoms with van der Waals surface area (Å²) < 4.78 is 21.5. The number of hydrogen-bond acceptors (Lipinski definition) is 3. The Labute approximate surface area is 180 Å². The molecular weight excluding hydrogens is 397 g/mol. The first-order valence-electron chi connectivity index (χ1n) is 10.5. The molecule has 162 valence electrons. The average Bonchev–Trinajstić information content (AvgIpc) is 3.19. The van der Waals surface area contributed by atoms with E-state index >= 15 is 0 Å². The average molecular weight is 423 g/mol. The quantitative estimate of drug-likeness (QED) is 0.571. The van der Waals surface area contributed by atoms with Gasteiger partial charge >= 0.3 is 12.0 Å². The monoisotopic (exact) mass is 423 g/mol. The van der Waals surface area contributed by atoms with E-state index in [0.29, 0.717) is 18.7 Å². The summed E-state index contributed by atoms with van der Waals surface area (Å²) in [5, 5.41) is 0.932. The molecule has 2 aromatic carbocycles. The van der Waals surface area contributed by atoms with Crippen molar-refractivity contribution in [2.75, 3.05) is 25.1 Å². The molecule has 1 aliphatic heterocycles. The fourth-order valence-electron chi connectivity index (χ4n) is 4.12. The first-order chi connectivity index (χ1) is 15.0. The standard InChI is InChI=1S/C24H26FN3O3/c1-26-14-11-19-21(26)7-6-8-22(19)28(24(30)27-12-4-3-5-13-27)16-18-10-9-17(15-20(18)25)23(29)31-2/h6-11,14-15H,3-5,12-13,16H2,1-2H3. The lowest BCUT2D eigenvalue weighted by molar-refractivity contribution is 0.0600. The van der Waals surface area contributed by atoms with Crippen LogP contribution in [-0.4, -0.2) is 41.7 Å². The molecule has 0 aliphatic carbocycles. The predicted molar refractivity (Wildman–Crippen MR) is 118 cm³/mol. The van der Waals surface area contributed by atoms with Crippen LogP contribution in [0.1, 0.15) is 35.2 Å². The smallest absolute Gasteiger partial charge is 0.337 e. The molecular formula is C24H26FN3O3. The molecule has 4 rings (SSSR count). The number of esters is 1. The normalized spacial score (nSPS) is 14.0. The number of carbonyl (C=O) groups excluding carboxylic acids is 2. The van der Waals surface area contributed by atoms with E-state index in [9.17, 15) is 14.0 Å². The minimum Gasteiger partial charge on any atom is -0.465 e. The zero-order chi connectivity index (χ0) is 22.0. The summed E-state index contributed by atoms with van der Waals surface area (Å²) in [6.07, 6.45) is 5.00. The summed E-state index contributed by atoms with van der Waals surface area (Å²) in [6, 6.07) is 11.9. The number of aryl methyl sites for hydroxylation is 1. The third kappa shape index (κ3) is 4.13. The number of aromatic nitrogens is 1. The number of amides is 2. The molecule has 2 amide bonds. The summed E-state index contributed by atoms with van der Waals surface area (Å²) in [6.45, 7) is 1.46. The van der Waals surface area contributed by atoms with Crippen molar-refractivity contribution in [1.82, 2.24) is 9.47 Å². The number of piperidine rings is 1. The van der Waals surface area contributed by atoms with E-state index in [4.69, 9.17) is 0 Å². The molecule has 0 saturated carbocycles. The molecule has 1 aliphatic rings. The zero-order valence-corrected chi connectivity index (χ0v) is 17.8. The molecule has 0 bridgehead atoms. The largest absolute Gasteiger partial charge is 0.465 e. The van der Waals surface area contributed by atoms with Gasteiger partial charge in [-0.15, -0.1) is 0 Å². The van der Waals surface area contributed by atoms with E-state index in [-0.39, 0.29) is 18.1 Å². The Bertz CT molecular complexity index is 1120. The van der Waals surface area contributed by atoms with Crippen molar-refractivity contribution in [2.24, 2.45) is 7.05 Å². The first kappa shape index (κ1) is 20.9. The van der Waals surface area contributed by atoms with Gasteiger partial charge in [0, 0.05) is 42.8 Å². The Morgan fingerprint density at radius 3 is 2.58 bits per heavy atom. The van der Waals surface area contributed by atoms with Crippen LogP contribution in [0.25, 0.3) is 10.9 Å². The Morgan fingerprint density at radius 2 is 1.87 bits per heavy atom. The fourth-order valence-corrected chi connectivity index (χ4v) is 4.12. The lowest BCUT2D eigenvalue weighted by Gasteiger charge is -2.33. The number of benzene rings is 2.